The molecule has 4 heterocycles. The van der Waals surface area contributed by atoms with Gasteiger partial charge in [-0.3, -0.25) is 9.78 Å². The summed E-state index contributed by atoms with van der Waals surface area (Å²) >= 11 is 0. The van der Waals surface area contributed by atoms with Crippen LogP contribution in [0, 0.1) is 0 Å². The number of hydrogen-bond acceptors (Lipinski definition) is 6. The number of amides is 1. The van der Waals surface area contributed by atoms with Gasteiger partial charge in [0.1, 0.15) is 6.33 Å². The summed E-state index contributed by atoms with van der Waals surface area (Å²) in [6.45, 7) is 1.21. The van der Waals surface area contributed by atoms with Crippen LogP contribution in [0.25, 0.3) is 33.2 Å². The molecule has 34 heavy (non-hydrogen) atoms. The molecule has 0 saturated carbocycles. The van der Waals surface area contributed by atoms with E-state index in [0.717, 1.165) is 33.2 Å². The Morgan fingerprint density at radius 3 is 2.76 bits per heavy atom. The number of nitrogens with zero attached hydrogens (tertiary/aromatic N) is 4. The van der Waals surface area contributed by atoms with Crippen LogP contribution >= 0.6 is 0 Å². The number of carbonyl (C=O) groups excluding carboxylic acids is 1. The molecule has 0 aliphatic carbocycles. The molecule has 0 radical (unpaired) electrons. The van der Waals surface area contributed by atoms with Crippen molar-refractivity contribution < 1.29 is 13.9 Å². The van der Waals surface area contributed by atoms with Gasteiger partial charge in [0.05, 0.1) is 19.0 Å². The zero-order valence-corrected chi connectivity index (χ0v) is 18.6. The molecule has 1 amide bonds. The molecule has 0 bridgehead atoms. The largest absolute Gasteiger partial charge is 0.493 e. The van der Waals surface area contributed by atoms with Crippen molar-refractivity contribution >= 4 is 27.8 Å². The maximum atomic E-state index is 12.9. The molecule has 168 valence electrons. The summed E-state index contributed by atoms with van der Waals surface area (Å²) in [6, 6.07) is 15.9. The van der Waals surface area contributed by atoms with Gasteiger partial charge in [0.2, 0.25) is 5.91 Å². The van der Waals surface area contributed by atoms with Gasteiger partial charge in [0.15, 0.2) is 16.9 Å². The highest BCUT2D eigenvalue weighted by Crippen LogP contribution is 2.40. The van der Waals surface area contributed by atoms with Crippen LogP contribution in [0.2, 0.25) is 0 Å². The Hall–Kier alpha value is -4.26. The van der Waals surface area contributed by atoms with Crippen LogP contribution in [-0.2, 0) is 11.3 Å². The molecule has 0 spiro atoms. The highest BCUT2D eigenvalue weighted by atomic mass is 16.5. The van der Waals surface area contributed by atoms with E-state index in [1.54, 1.807) is 25.8 Å². The first-order valence-electron chi connectivity index (χ1n) is 11.2. The van der Waals surface area contributed by atoms with Crippen LogP contribution in [0.5, 0.6) is 5.75 Å². The third-order valence-electron chi connectivity index (χ3n) is 6.48. The van der Waals surface area contributed by atoms with E-state index >= 15 is 0 Å². The smallest absolute Gasteiger partial charge is 0.223 e. The van der Waals surface area contributed by atoms with Crippen molar-refractivity contribution in [1.82, 2.24) is 19.9 Å². The number of rotatable bonds is 5. The lowest BCUT2D eigenvalue weighted by molar-refractivity contribution is -0.128. The monoisotopic (exact) mass is 450 g/mol. The molecular formula is C27H22N4O3. The van der Waals surface area contributed by atoms with Crippen molar-refractivity contribution in [3.05, 3.63) is 84.6 Å². The van der Waals surface area contributed by atoms with Gasteiger partial charge in [0.25, 0.3) is 0 Å². The lowest BCUT2D eigenvalue weighted by Gasteiger charge is -2.17. The maximum Gasteiger partial charge on any atom is 0.223 e. The predicted octanol–water partition coefficient (Wildman–Crippen LogP) is 4.96. The predicted molar refractivity (Wildman–Crippen MR) is 128 cm³/mol. The second kappa shape index (κ2) is 8.26. The number of methoxy groups -OCH3 is 1. The van der Waals surface area contributed by atoms with Gasteiger partial charge in [-0.25, -0.2) is 9.97 Å². The van der Waals surface area contributed by atoms with Gasteiger partial charge < -0.3 is 14.1 Å². The van der Waals surface area contributed by atoms with E-state index < -0.39 is 0 Å². The number of ether oxygens (including phenoxy) is 1. The number of carbonyl (C=O) groups is 1. The normalized spacial score (nSPS) is 16.0. The van der Waals surface area contributed by atoms with Crippen LogP contribution in [0.15, 0.2) is 77.9 Å². The van der Waals surface area contributed by atoms with Crippen molar-refractivity contribution in [1.29, 1.82) is 0 Å². The Labute approximate surface area is 196 Å². The summed E-state index contributed by atoms with van der Waals surface area (Å²) in [5.74, 6) is 0.887. The fourth-order valence-electron chi connectivity index (χ4n) is 4.82. The second-order valence-corrected chi connectivity index (χ2v) is 8.51. The van der Waals surface area contributed by atoms with E-state index in [9.17, 15) is 4.79 Å². The zero-order chi connectivity index (χ0) is 23.1. The van der Waals surface area contributed by atoms with Crippen molar-refractivity contribution in [2.45, 2.75) is 18.9 Å². The Morgan fingerprint density at radius 1 is 1.09 bits per heavy atom. The van der Waals surface area contributed by atoms with E-state index in [1.165, 1.54) is 0 Å². The molecule has 1 aliphatic rings. The number of benzene rings is 2. The van der Waals surface area contributed by atoms with Gasteiger partial charge in [-0.15, -0.1) is 0 Å². The summed E-state index contributed by atoms with van der Waals surface area (Å²) in [4.78, 5) is 27.5. The molecule has 1 unspecified atom stereocenters. The molecule has 7 nitrogen and oxygen atoms in total. The van der Waals surface area contributed by atoms with Crippen LogP contribution in [0.1, 0.15) is 23.5 Å². The number of pyridine rings is 1. The number of fused-ring (bicyclic) bond motifs is 3. The quantitative estimate of drug-likeness (QED) is 0.376. The standard InChI is InChI=1S/C27H22N4O3/c1-33-23-4-2-3-20-26-21(12-29-13-24(26)34-27(20)23)19-11-25(32)31(15-19)14-17-5-7-18(8-6-17)22-9-10-28-16-30-22/h2-10,12-13,16,19H,11,14-15H2,1H3. The minimum absolute atomic E-state index is 0.0518. The highest BCUT2D eigenvalue weighted by Gasteiger charge is 2.32. The third-order valence-corrected chi connectivity index (χ3v) is 6.48. The van der Waals surface area contributed by atoms with E-state index in [4.69, 9.17) is 9.15 Å². The highest BCUT2D eigenvalue weighted by molar-refractivity contribution is 6.08. The Bertz CT molecular complexity index is 1500. The first-order chi connectivity index (χ1) is 16.7. The van der Waals surface area contributed by atoms with Gasteiger partial charge >= 0.3 is 0 Å². The molecule has 1 fully saturated rings. The molecule has 1 aliphatic heterocycles. The van der Waals surface area contributed by atoms with E-state index in [0.29, 0.717) is 36.4 Å². The van der Waals surface area contributed by atoms with Crippen LogP contribution in [-0.4, -0.2) is 39.4 Å². The van der Waals surface area contributed by atoms with Gasteiger partial charge in [-0.05, 0) is 23.3 Å². The topological polar surface area (TPSA) is 81.4 Å². The lowest BCUT2D eigenvalue weighted by Crippen LogP contribution is -2.24. The summed E-state index contributed by atoms with van der Waals surface area (Å²) < 4.78 is 11.6. The summed E-state index contributed by atoms with van der Waals surface area (Å²) in [5, 5.41) is 2.00. The summed E-state index contributed by atoms with van der Waals surface area (Å²) in [7, 11) is 1.63. The van der Waals surface area contributed by atoms with Gasteiger partial charge in [-0.1, -0.05) is 36.4 Å². The van der Waals surface area contributed by atoms with E-state index in [2.05, 4.69) is 27.1 Å². The summed E-state index contributed by atoms with van der Waals surface area (Å²) in [6.07, 6.45) is 7.33. The van der Waals surface area contributed by atoms with E-state index in [-0.39, 0.29) is 11.8 Å². The number of furan rings is 1. The van der Waals surface area contributed by atoms with Crippen LogP contribution in [0.4, 0.5) is 0 Å². The Balaban J connectivity index is 1.27. The fourth-order valence-corrected chi connectivity index (χ4v) is 4.82. The molecule has 6 rings (SSSR count). The van der Waals surface area contributed by atoms with Crippen molar-refractivity contribution in [3.63, 3.8) is 0 Å². The Morgan fingerprint density at radius 2 is 1.97 bits per heavy atom. The second-order valence-electron chi connectivity index (χ2n) is 8.51. The zero-order valence-electron chi connectivity index (χ0n) is 18.6. The number of para-hydroxylation sites is 1. The molecular weight excluding hydrogens is 428 g/mol. The minimum atomic E-state index is 0.0518. The molecule has 2 aromatic carbocycles. The van der Waals surface area contributed by atoms with Crippen molar-refractivity contribution in [2.75, 3.05) is 13.7 Å². The first kappa shape index (κ1) is 20.4. The SMILES string of the molecule is COc1cccc2c1oc1cncc(C3CC(=O)N(Cc4ccc(-c5ccncn5)cc4)C3)c12. The summed E-state index contributed by atoms with van der Waals surface area (Å²) in [5.41, 5.74) is 5.45. The van der Waals surface area contributed by atoms with Gasteiger partial charge in [-0.2, -0.15) is 0 Å². The van der Waals surface area contributed by atoms with Gasteiger partial charge in [0, 0.05) is 54.2 Å². The average Bonchev–Trinajstić information content (AvgIpc) is 3.45. The van der Waals surface area contributed by atoms with E-state index in [1.807, 2.05) is 47.5 Å². The molecule has 0 N–H and O–H groups in total. The maximum absolute atomic E-state index is 12.9. The van der Waals surface area contributed by atoms with Crippen LogP contribution < -0.4 is 4.74 Å². The number of aromatic nitrogens is 3. The minimum Gasteiger partial charge on any atom is -0.493 e. The number of likely N-dealkylation sites (tertiary alicyclic amines) is 1. The lowest BCUT2D eigenvalue weighted by atomic mass is 9.95. The Kier molecular flexibility index (Phi) is 4.95. The van der Waals surface area contributed by atoms with Crippen molar-refractivity contribution in [3.8, 4) is 17.0 Å². The molecule has 5 aromatic rings. The first-order valence-corrected chi connectivity index (χ1v) is 11.2. The average molecular weight is 450 g/mol. The molecule has 1 saturated heterocycles. The molecule has 3 aromatic heterocycles. The van der Waals surface area contributed by atoms with Crippen LogP contribution in [0.3, 0.4) is 0 Å². The third kappa shape index (κ3) is 3.46. The molecule has 7 heteroatoms. The number of hydrogen-bond donors (Lipinski definition) is 0. The van der Waals surface area contributed by atoms with Crippen molar-refractivity contribution in [2.24, 2.45) is 0 Å². The fraction of sp³-hybridized carbons (Fsp3) is 0.185. The molecule has 1 atom stereocenters.